The van der Waals surface area contributed by atoms with Gasteiger partial charge in [-0.25, -0.2) is 4.79 Å². The number of nitrogens with one attached hydrogen (secondary N) is 1. The van der Waals surface area contributed by atoms with Gasteiger partial charge in [0.2, 0.25) is 5.91 Å². The Kier molecular flexibility index (Phi) is 5.44. The van der Waals surface area contributed by atoms with Gasteiger partial charge in [0.1, 0.15) is 6.54 Å². The molecule has 1 aromatic carbocycles. The number of para-hydroxylation sites is 2. The van der Waals surface area contributed by atoms with Crippen LogP contribution < -0.4 is 11.0 Å². The van der Waals surface area contributed by atoms with Crippen molar-refractivity contribution in [3.63, 3.8) is 0 Å². The third-order valence-corrected chi connectivity index (χ3v) is 5.28. The molecular weight excluding hydrogens is 334 g/mol. The molecule has 26 heavy (non-hydrogen) atoms. The summed E-state index contributed by atoms with van der Waals surface area (Å²) in [7, 11) is 1.67. The molecule has 2 unspecified atom stereocenters. The molecule has 2 atom stereocenters. The first-order valence-electron chi connectivity index (χ1n) is 9.15. The average Bonchev–Trinajstić information content (AvgIpc) is 2.82. The number of aliphatic carboxylic acids is 1. The first kappa shape index (κ1) is 18.2. The van der Waals surface area contributed by atoms with E-state index in [1.165, 1.54) is 9.13 Å². The minimum Gasteiger partial charge on any atom is -0.481 e. The van der Waals surface area contributed by atoms with E-state index < -0.39 is 11.9 Å². The maximum atomic E-state index is 12.6. The van der Waals surface area contributed by atoms with Crippen LogP contribution in [0, 0.1) is 5.92 Å². The minimum absolute atomic E-state index is 0.108. The number of hydrogen-bond donors (Lipinski definition) is 2. The number of amides is 1. The van der Waals surface area contributed by atoms with Crippen LogP contribution in [-0.2, 0) is 23.2 Å². The largest absolute Gasteiger partial charge is 0.481 e. The summed E-state index contributed by atoms with van der Waals surface area (Å²) in [6.07, 6.45) is 5.11. The molecule has 1 fully saturated rings. The van der Waals surface area contributed by atoms with Crippen LogP contribution >= 0.6 is 0 Å². The van der Waals surface area contributed by atoms with E-state index in [0.29, 0.717) is 18.4 Å². The Bertz CT molecular complexity index is 867. The highest BCUT2D eigenvalue weighted by Crippen LogP contribution is 2.23. The molecule has 1 aliphatic carbocycles. The Morgan fingerprint density at radius 1 is 1.12 bits per heavy atom. The number of carboxylic acid groups (broad SMARTS) is 1. The number of nitrogens with zero attached hydrogens (tertiary/aromatic N) is 2. The Hall–Kier alpha value is -2.57. The van der Waals surface area contributed by atoms with E-state index >= 15 is 0 Å². The highest BCUT2D eigenvalue weighted by atomic mass is 16.4. The molecule has 0 spiro atoms. The maximum Gasteiger partial charge on any atom is 0.329 e. The molecule has 2 aromatic rings. The van der Waals surface area contributed by atoms with Gasteiger partial charge in [-0.15, -0.1) is 0 Å². The molecule has 1 saturated carbocycles. The molecule has 7 nitrogen and oxygen atoms in total. The summed E-state index contributed by atoms with van der Waals surface area (Å²) >= 11 is 0. The monoisotopic (exact) mass is 359 g/mol. The summed E-state index contributed by atoms with van der Waals surface area (Å²) in [5, 5.41) is 12.4. The lowest BCUT2D eigenvalue weighted by atomic mass is 9.87. The minimum atomic E-state index is -0.862. The summed E-state index contributed by atoms with van der Waals surface area (Å²) in [5.74, 6) is -1.75. The topological polar surface area (TPSA) is 93.3 Å². The van der Waals surface area contributed by atoms with E-state index in [0.717, 1.165) is 31.2 Å². The fourth-order valence-electron chi connectivity index (χ4n) is 3.86. The zero-order chi connectivity index (χ0) is 18.7. The van der Waals surface area contributed by atoms with Crippen molar-refractivity contribution in [3.05, 3.63) is 34.7 Å². The van der Waals surface area contributed by atoms with Gasteiger partial charge in [0.25, 0.3) is 0 Å². The number of hydrogen-bond acceptors (Lipinski definition) is 3. The van der Waals surface area contributed by atoms with Crippen LogP contribution in [0.4, 0.5) is 0 Å². The number of aryl methyl sites for hydroxylation is 1. The van der Waals surface area contributed by atoms with Crippen molar-refractivity contribution in [3.8, 4) is 0 Å². The summed E-state index contributed by atoms with van der Waals surface area (Å²) in [5.41, 5.74) is 1.20. The molecule has 1 heterocycles. The first-order chi connectivity index (χ1) is 12.5. The number of aromatic nitrogens is 2. The molecular formula is C19H25N3O4. The normalized spacial score (nSPS) is 21.1. The molecule has 1 amide bonds. The van der Waals surface area contributed by atoms with Crippen molar-refractivity contribution in [1.82, 2.24) is 14.5 Å². The summed E-state index contributed by atoms with van der Waals surface area (Å²) in [6.45, 7) is -0.108. The van der Waals surface area contributed by atoms with Crippen molar-refractivity contribution in [2.24, 2.45) is 13.0 Å². The Labute approximate surface area is 151 Å². The molecule has 0 aliphatic heterocycles. The van der Waals surface area contributed by atoms with Crippen LogP contribution in [-0.4, -0.2) is 32.2 Å². The van der Waals surface area contributed by atoms with Gasteiger partial charge in [-0.2, -0.15) is 0 Å². The quantitative estimate of drug-likeness (QED) is 0.872. The van der Waals surface area contributed by atoms with Gasteiger partial charge in [0, 0.05) is 13.1 Å². The van der Waals surface area contributed by atoms with Crippen molar-refractivity contribution < 1.29 is 14.7 Å². The lowest BCUT2D eigenvalue weighted by Gasteiger charge is -2.27. The van der Waals surface area contributed by atoms with Crippen LogP contribution in [0.15, 0.2) is 29.1 Å². The Morgan fingerprint density at radius 3 is 2.46 bits per heavy atom. The second-order valence-corrected chi connectivity index (χ2v) is 7.03. The number of rotatable bonds is 4. The summed E-state index contributed by atoms with van der Waals surface area (Å²) in [4.78, 5) is 36.6. The Morgan fingerprint density at radius 2 is 1.77 bits per heavy atom. The van der Waals surface area contributed by atoms with Gasteiger partial charge < -0.3 is 10.4 Å². The van der Waals surface area contributed by atoms with Gasteiger partial charge in [-0.1, -0.05) is 37.8 Å². The third-order valence-electron chi connectivity index (χ3n) is 5.28. The fourth-order valence-corrected chi connectivity index (χ4v) is 3.86. The van der Waals surface area contributed by atoms with Gasteiger partial charge in [-0.3, -0.25) is 18.7 Å². The van der Waals surface area contributed by atoms with E-state index in [-0.39, 0.29) is 24.2 Å². The highest BCUT2D eigenvalue weighted by molar-refractivity contribution is 5.81. The highest BCUT2D eigenvalue weighted by Gasteiger charge is 2.30. The van der Waals surface area contributed by atoms with Crippen LogP contribution in [0.5, 0.6) is 0 Å². The number of benzene rings is 1. The predicted octanol–water partition coefficient (Wildman–Crippen LogP) is 1.88. The van der Waals surface area contributed by atoms with E-state index in [4.69, 9.17) is 0 Å². The van der Waals surface area contributed by atoms with Gasteiger partial charge in [0.15, 0.2) is 0 Å². The fraction of sp³-hybridized carbons (Fsp3) is 0.526. The zero-order valence-corrected chi connectivity index (χ0v) is 15.0. The lowest BCUT2D eigenvalue weighted by molar-refractivity contribution is -0.143. The van der Waals surface area contributed by atoms with Crippen molar-refractivity contribution in [1.29, 1.82) is 0 Å². The molecule has 0 radical (unpaired) electrons. The van der Waals surface area contributed by atoms with Crippen LogP contribution in [0.2, 0.25) is 0 Å². The van der Waals surface area contributed by atoms with E-state index in [1.807, 2.05) is 18.2 Å². The average molecular weight is 359 g/mol. The van der Waals surface area contributed by atoms with Crippen molar-refractivity contribution in [2.45, 2.75) is 51.1 Å². The smallest absolute Gasteiger partial charge is 0.329 e. The van der Waals surface area contributed by atoms with E-state index in [2.05, 4.69) is 5.32 Å². The number of fused-ring (bicyclic) bond motifs is 1. The number of carbonyl (C=O) groups is 2. The molecule has 2 N–H and O–H groups in total. The number of carboxylic acids is 1. The SMILES string of the molecule is Cn1c(=O)n(CC(=O)NC2CCCCCCC2C(=O)O)c2ccccc21. The molecule has 7 heteroatoms. The zero-order valence-electron chi connectivity index (χ0n) is 15.0. The summed E-state index contributed by atoms with van der Waals surface area (Å²) < 4.78 is 2.95. The second kappa shape index (κ2) is 7.76. The van der Waals surface area contributed by atoms with E-state index in [9.17, 15) is 19.5 Å². The van der Waals surface area contributed by atoms with E-state index in [1.54, 1.807) is 13.1 Å². The molecule has 140 valence electrons. The number of carbonyl (C=O) groups excluding carboxylic acids is 1. The maximum absolute atomic E-state index is 12.6. The number of imidazole rings is 1. The Balaban J connectivity index is 1.78. The molecule has 1 aromatic heterocycles. The van der Waals surface area contributed by atoms with Gasteiger partial charge in [-0.05, 0) is 25.0 Å². The molecule has 3 rings (SSSR count). The van der Waals surface area contributed by atoms with Gasteiger partial charge in [0.05, 0.1) is 17.0 Å². The molecule has 0 saturated heterocycles. The molecule has 0 bridgehead atoms. The van der Waals surface area contributed by atoms with Crippen LogP contribution in [0.1, 0.15) is 38.5 Å². The molecule has 1 aliphatic rings. The lowest BCUT2D eigenvalue weighted by Crippen LogP contribution is -2.45. The third kappa shape index (κ3) is 3.66. The van der Waals surface area contributed by atoms with Crippen LogP contribution in [0.25, 0.3) is 11.0 Å². The van der Waals surface area contributed by atoms with Gasteiger partial charge >= 0.3 is 11.7 Å². The van der Waals surface area contributed by atoms with Crippen LogP contribution in [0.3, 0.4) is 0 Å². The second-order valence-electron chi connectivity index (χ2n) is 7.03. The summed E-state index contributed by atoms with van der Waals surface area (Å²) in [6, 6.07) is 6.93. The first-order valence-corrected chi connectivity index (χ1v) is 9.15. The van der Waals surface area contributed by atoms with Crippen molar-refractivity contribution >= 4 is 22.9 Å². The predicted molar refractivity (Wildman–Crippen MR) is 97.9 cm³/mol. The standard InChI is InChI=1S/C19H25N3O4/c1-21-15-10-6-7-11-16(15)22(19(21)26)12-17(23)20-14-9-5-3-2-4-8-13(14)18(24)25/h6-7,10-11,13-14H,2-5,8-9,12H2,1H3,(H,20,23)(H,24,25). The van der Waals surface area contributed by atoms with Crippen molar-refractivity contribution in [2.75, 3.05) is 0 Å².